The van der Waals surface area contributed by atoms with Crippen LogP contribution < -0.4 is 4.74 Å². The Bertz CT molecular complexity index is 949. The van der Waals surface area contributed by atoms with Crippen LogP contribution in [0.25, 0.3) is 0 Å². The van der Waals surface area contributed by atoms with Crippen LogP contribution in [0.3, 0.4) is 0 Å². The normalized spacial score (nSPS) is 18.1. The van der Waals surface area contributed by atoms with Gasteiger partial charge in [-0.2, -0.15) is 0 Å². The third-order valence-electron chi connectivity index (χ3n) is 6.39. The highest BCUT2D eigenvalue weighted by molar-refractivity contribution is 6.10. The summed E-state index contributed by atoms with van der Waals surface area (Å²) >= 11 is 0. The number of benzene rings is 1. The van der Waals surface area contributed by atoms with Gasteiger partial charge in [0.25, 0.3) is 0 Å². The number of rotatable bonds is 7. The van der Waals surface area contributed by atoms with Crippen molar-refractivity contribution in [2.24, 2.45) is 4.99 Å². The Morgan fingerprint density at radius 3 is 2.42 bits per heavy atom. The van der Waals surface area contributed by atoms with Crippen molar-refractivity contribution in [2.45, 2.75) is 67.9 Å². The molecule has 3 rings (SSSR count). The van der Waals surface area contributed by atoms with Gasteiger partial charge in [-0.05, 0) is 68.5 Å². The Kier molecular flexibility index (Phi) is 13.2. The zero-order valence-corrected chi connectivity index (χ0v) is 22.7. The highest BCUT2D eigenvalue weighted by atomic mass is 16.5. The van der Waals surface area contributed by atoms with Crippen LogP contribution in [0.5, 0.6) is 5.75 Å². The molecule has 36 heavy (non-hydrogen) atoms. The number of morpholine rings is 1. The molecule has 1 atom stereocenters. The van der Waals surface area contributed by atoms with Crippen LogP contribution in [-0.4, -0.2) is 67.5 Å². The van der Waals surface area contributed by atoms with Crippen LogP contribution in [0.2, 0.25) is 0 Å². The third kappa shape index (κ3) is 8.37. The van der Waals surface area contributed by atoms with Crippen molar-refractivity contribution in [3.63, 3.8) is 0 Å². The number of ether oxygens (including phenoxy) is 2. The number of carbonyl (C=O) groups is 1. The molecule has 1 saturated heterocycles. The van der Waals surface area contributed by atoms with E-state index >= 15 is 0 Å². The quantitative estimate of drug-likeness (QED) is 0.436. The third-order valence-corrected chi connectivity index (χ3v) is 6.39. The van der Waals surface area contributed by atoms with Gasteiger partial charge in [0.2, 0.25) is 5.91 Å². The molecule has 1 aromatic rings. The molecule has 0 spiro atoms. The van der Waals surface area contributed by atoms with Crippen molar-refractivity contribution in [3.8, 4) is 5.75 Å². The second-order valence-corrected chi connectivity index (χ2v) is 8.95. The Morgan fingerprint density at radius 2 is 1.89 bits per heavy atom. The van der Waals surface area contributed by atoms with Gasteiger partial charge >= 0.3 is 0 Å². The minimum absolute atomic E-state index is 0. The summed E-state index contributed by atoms with van der Waals surface area (Å²) in [5.74, 6) is 1.72. The van der Waals surface area contributed by atoms with Crippen LogP contribution in [-0.2, 0) is 16.0 Å². The summed E-state index contributed by atoms with van der Waals surface area (Å²) in [6.45, 7) is 20.2. The van der Waals surface area contributed by atoms with Crippen molar-refractivity contribution >= 4 is 11.7 Å². The fraction of sp³-hybridized carbons (Fsp3) is 0.533. The molecule has 2 aliphatic rings. The summed E-state index contributed by atoms with van der Waals surface area (Å²) in [5.41, 5.74) is 5.63. The van der Waals surface area contributed by atoms with E-state index in [2.05, 4.69) is 61.5 Å². The maximum atomic E-state index is 12.0. The van der Waals surface area contributed by atoms with Gasteiger partial charge in [0.15, 0.2) is 0 Å². The Balaban J connectivity index is 0.000000454. The van der Waals surface area contributed by atoms with E-state index in [1.807, 2.05) is 19.9 Å². The van der Waals surface area contributed by atoms with Gasteiger partial charge in [0, 0.05) is 31.3 Å². The SMILES string of the molecule is C.C=C(C1=NCC(CC)N1C(C)=O)/C(C)=C\C(=C/C)N1CCOCC1.CCc1cc(C)cc(OC)c1. The summed E-state index contributed by atoms with van der Waals surface area (Å²) in [7, 11) is 1.70. The first-order chi connectivity index (χ1) is 16.7. The standard InChI is InChI=1S/C19H29N3O2.C10H14O.CH4/c1-6-17(21-8-10-24-11-9-21)12-14(3)15(4)19-20-13-18(7-2)22(19)16(5)23;1-4-9-5-8(2)6-10(7-9)11-3;/h6,12,18H,4,7-11,13H2,1-3,5H3;5-7H,4H2,1-3H3;1H4/b14-12-,17-6+;;. The number of amidine groups is 1. The number of carbonyl (C=O) groups excluding carboxylic acids is 1. The first-order valence-corrected chi connectivity index (χ1v) is 12.6. The fourth-order valence-corrected chi connectivity index (χ4v) is 4.29. The van der Waals surface area contributed by atoms with E-state index in [4.69, 9.17) is 9.47 Å². The molecule has 1 aromatic carbocycles. The molecular weight excluding hydrogens is 450 g/mol. The zero-order valence-electron chi connectivity index (χ0n) is 22.7. The predicted octanol–water partition coefficient (Wildman–Crippen LogP) is 5.97. The Hall–Kier alpha value is -2.86. The second kappa shape index (κ2) is 15.3. The number of methoxy groups -OCH3 is 1. The summed E-state index contributed by atoms with van der Waals surface area (Å²) in [6, 6.07) is 6.46. The van der Waals surface area contributed by atoms with E-state index in [9.17, 15) is 4.79 Å². The lowest BCUT2D eigenvalue weighted by molar-refractivity contribution is -0.126. The average molecular weight is 498 g/mol. The maximum Gasteiger partial charge on any atom is 0.225 e. The molecule has 2 heterocycles. The van der Waals surface area contributed by atoms with Crippen molar-refractivity contribution in [1.82, 2.24) is 9.80 Å². The molecule has 0 aliphatic carbocycles. The van der Waals surface area contributed by atoms with Gasteiger partial charge < -0.3 is 14.4 Å². The Labute approximate surface area is 219 Å². The topological polar surface area (TPSA) is 54.4 Å². The molecule has 1 fully saturated rings. The van der Waals surface area contributed by atoms with Crippen LogP contribution in [0.1, 0.15) is 59.6 Å². The van der Waals surface area contributed by atoms with Crippen molar-refractivity contribution in [3.05, 3.63) is 64.9 Å². The average Bonchev–Trinajstić information content (AvgIpc) is 3.31. The first-order valence-electron chi connectivity index (χ1n) is 12.6. The minimum atomic E-state index is 0. The van der Waals surface area contributed by atoms with E-state index in [0.717, 1.165) is 67.6 Å². The number of aliphatic imine (C=N–C) groups is 1. The molecule has 2 aliphatic heterocycles. The smallest absolute Gasteiger partial charge is 0.225 e. The predicted molar refractivity (Wildman–Crippen MR) is 152 cm³/mol. The van der Waals surface area contributed by atoms with Crippen molar-refractivity contribution < 1.29 is 14.3 Å². The lowest BCUT2D eigenvalue weighted by Crippen LogP contribution is -2.40. The van der Waals surface area contributed by atoms with Gasteiger partial charge in [0.1, 0.15) is 11.6 Å². The molecule has 0 bridgehead atoms. The monoisotopic (exact) mass is 497 g/mol. The molecule has 0 N–H and O–H groups in total. The largest absolute Gasteiger partial charge is 0.497 e. The minimum Gasteiger partial charge on any atom is -0.497 e. The summed E-state index contributed by atoms with van der Waals surface area (Å²) < 4.78 is 10.6. The zero-order chi connectivity index (χ0) is 26.0. The molecule has 1 unspecified atom stereocenters. The maximum absolute atomic E-state index is 12.0. The summed E-state index contributed by atoms with van der Waals surface area (Å²) in [5, 5.41) is 0. The van der Waals surface area contributed by atoms with Gasteiger partial charge in [0.05, 0.1) is 32.9 Å². The lowest BCUT2D eigenvalue weighted by atomic mass is 10.1. The fourth-order valence-electron chi connectivity index (χ4n) is 4.29. The van der Waals surface area contributed by atoms with E-state index in [-0.39, 0.29) is 19.4 Å². The number of aryl methyl sites for hydroxylation is 2. The molecule has 0 saturated carbocycles. The van der Waals surface area contributed by atoms with Crippen molar-refractivity contribution in [2.75, 3.05) is 40.0 Å². The molecule has 6 heteroatoms. The highest BCUT2D eigenvalue weighted by Gasteiger charge is 2.31. The van der Waals surface area contributed by atoms with Crippen LogP contribution in [0, 0.1) is 6.92 Å². The summed E-state index contributed by atoms with van der Waals surface area (Å²) in [4.78, 5) is 20.7. The second-order valence-electron chi connectivity index (χ2n) is 8.95. The number of amides is 1. The van der Waals surface area contributed by atoms with Crippen molar-refractivity contribution in [1.29, 1.82) is 0 Å². The molecule has 200 valence electrons. The van der Waals surface area contributed by atoms with E-state index in [1.165, 1.54) is 11.1 Å². The lowest BCUT2D eigenvalue weighted by Gasteiger charge is -2.30. The van der Waals surface area contributed by atoms with Gasteiger partial charge in [-0.25, -0.2) is 0 Å². The van der Waals surface area contributed by atoms with Crippen LogP contribution in [0.15, 0.2) is 58.8 Å². The highest BCUT2D eigenvalue weighted by Crippen LogP contribution is 2.23. The van der Waals surface area contributed by atoms with E-state index in [1.54, 1.807) is 18.9 Å². The number of nitrogens with zero attached hydrogens (tertiary/aromatic N) is 3. The van der Waals surface area contributed by atoms with Gasteiger partial charge in [-0.15, -0.1) is 0 Å². The molecule has 1 amide bonds. The Morgan fingerprint density at radius 1 is 1.22 bits per heavy atom. The first kappa shape index (κ1) is 31.2. The molecule has 0 radical (unpaired) electrons. The number of hydrogen-bond donors (Lipinski definition) is 0. The van der Waals surface area contributed by atoms with Crippen LogP contribution in [0.4, 0.5) is 0 Å². The van der Waals surface area contributed by atoms with Crippen LogP contribution >= 0.6 is 0 Å². The van der Waals surface area contributed by atoms with E-state index < -0.39 is 0 Å². The molecular formula is C30H47N3O3. The van der Waals surface area contributed by atoms with Gasteiger partial charge in [-0.1, -0.05) is 40.0 Å². The summed E-state index contributed by atoms with van der Waals surface area (Å²) in [6.07, 6.45) is 6.21. The van der Waals surface area contributed by atoms with E-state index in [0.29, 0.717) is 6.54 Å². The number of allylic oxidation sites excluding steroid dienone is 2. The number of hydrogen-bond acceptors (Lipinski definition) is 5. The van der Waals surface area contributed by atoms with Gasteiger partial charge in [-0.3, -0.25) is 14.7 Å². The molecule has 6 nitrogen and oxygen atoms in total. The molecule has 0 aromatic heterocycles.